The van der Waals surface area contributed by atoms with Crippen LogP contribution in [0.25, 0.3) is 0 Å². The fraction of sp³-hybridized carbons (Fsp3) is 0.200. The molecular weight excluding hydrogens is 277 g/mol. The normalized spacial score (nSPS) is 11.3. The van der Waals surface area contributed by atoms with E-state index < -0.39 is 17.8 Å². The number of pyridine rings is 1. The van der Waals surface area contributed by atoms with Crippen LogP contribution in [0.4, 0.5) is 24.8 Å². The van der Waals surface area contributed by atoms with E-state index in [0.717, 1.165) is 18.3 Å². The number of hydrogen-bond donors (Lipinski definition) is 2. The third-order valence-electron chi connectivity index (χ3n) is 2.20. The molecule has 2 heterocycles. The number of nitrogen functional groups attached to an aromatic ring is 1. The zero-order valence-electron chi connectivity index (χ0n) is 9.92. The number of aromatic nitrogens is 4. The quantitative estimate of drug-likeness (QED) is 0.874. The third-order valence-corrected chi connectivity index (χ3v) is 2.20. The van der Waals surface area contributed by atoms with E-state index in [0.29, 0.717) is 0 Å². The molecular formula is C10H9F3N6O. The molecule has 0 aliphatic rings. The van der Waals surface area contributed by atoms with Gasteiger partial charge < -0.3 is 11.1 Å². The van der Waals surface area contributed by atoms with Crippen LogP contribution in [-0.4, -0.2) is 25.7 Å². The number of carbonyl (C=O) groups excluding carboxylic acids is 1. The standard InChI is InChI=1S/C10H9F3N6O/c11-10(12,13)7-2-1-6(3-15-7)17-8(20)4-19-5-16-9(14)18-19/h1-3,5H,4H2,(H2,14,18)(H,17,20). The van der Waals surface area contributed by atoms with Gasteiger partial charge in [0, 0.05) is 0 Å². The largest absolute Gasteiger partial charge is 0.433 e. The molecule has 10 heteroatoms. The number of nitrogens with two attached hydrogens (primary N) is 1. The predicted molar refractivity (Wildman–Crippen MR) is 62.3 cm³/mol. The Morgan fingerprint density at radius 2 is 2.10 bits per heavy atom. The zero-order chi connectivity index (χ0) is 14.8. The number of halogens is 3. The molecule has 0 unspecified atom stereocenters. The fourth-order valence-electron chi connectivity index (χ4n) is 1.37. The van der Waals surface area contributed by atoms with E-state index in [1.807, 2.05) is 0 Å². The van der Waals surface area contributed by atoms with Crippen LogP contribution in [0.2, 0.25) is 0 Å². The van der Waals surface area contributed by atoms with E-state index in [1.54, 1.807) is 0 Å². The van der Waals surface area contributed by atoms with Gasteiger partial charge >= 0.3 is 6.18 Å². The summed E-state index contributed by atoms with van der Waals surface area (Å²) in [6, 6.07) is 1.90. The topological polar surface area (TPSA) is 98.7 Å². The molecule has 0 atom stereocenters. The first kappa shape index (κ1) is 13.8. The lowest BCUT2D eigenvalue weighted by molar-refractivity contribution is -0.141. The van der Waals surface area contributed by atoms with Gasteiger partial charge in [-0.2, -0.15) is 13.2 Å². The second-order valence-electron chi connectivity index (χ2n) is 3.78. The Labute approximate surface area is 110 Å². The van der Waals surface area contributed by atoms with E-state index in [-0.39, 0.29) is 18.2 Å². The molecule has 0 aromatic carbocycles. The number of rotatable bonds is 3. The van der Waals surface area contributed by atoms with Crippen molar-refractivity contribution in [2.45, 2.75) is 12.7 Å². The molecule has 0 fully saturated rings. The van der Waals surface area contributed by atoms with Gasteiger partial charge in [0.25, 0.3) is 0 Å². The Hall–Kier alpha value is -2.65. The predicted octanol–water partition coefficient (Wildman–Crippen LogP) is 0.913. The van der Waals surface area contributed by atoms with Gasteiger partial charge in [-0.15, -0.1) is 5.10 Å². The summed E-state index contributed by atoms with van der Waals surface area (Å²) in [6.07, 6.45) is -2.32. The van der Waals surface area contributed by atoms with Crippen LogP contribution in [0.1, 0.15) is 5.69 Å². The van der Waals surface area contributed by atoms with E-state index in [1.165, 1.54) is 11.0 Å². The SMILES string of the molecule is Nc1ncn(CC(=O)Nc2ccc(C(F)(F)F)nc2)n1. The van der Waals surface area contributed by atoms with Crippen molar-refractivity contribution >= 4 is 17.5 Å². The molecule has 0 spiro atoms. The minimum absolute atomic E-state index is 0.0222. The van der Waals surface area contributed by atoms with E-state index in [9.17, 15) is 18.0 Å². The Kier molecular flexibility index (Phi) is 3.55. The number of amides is 1. The average molecular weight is 286 g/mol. The van der Waals surface area contributed by atoms with Crippen LogP contribution in [-0.2, 0) is 17.5 Å². The van der Waals surface area contributed by atoms with E-state index in [2.05, 4.69) is 20.4 Å². The highest BCUT2D eigenvalue weighted by Crippen LogP contribution is 2.27. The van der Waals surface area contributed by atoms with Gasteiger partial charge in [-0.3, -0.25) is 4.79 Å². The van der Waals surface area contributed by atoms with Gasteiger partial charge in [0.2, 0.25) is 11.9 Å². The molecule has 2 rings (SSSR count). The summed E-state index contributed by atoms with van der Waals surface area (Å²) in [6.45, 7) is -0.161. The summed E-state index contributed by atoms with van der Waals surface area (Å²) in [7, 11) is 0. The maximum Gasteiger partial charge on any atom is 0.433 e. The van der Waals surface area contributed by atoms with E-state index >= 15 is 0 Å². The summed E-state index contributed by atoms with van der Waals surface area (Å²) in [5.74, 6) is -0.467. The smallest absolute Gasteiger partial charge is 0.367 e. The van der Waals surface area contributed by atoms with Crippen molar-refractivity contribution in [3.63, 3.8) is 0 Å². The van der Waals surface area contributed by atoms with Crippen molar-refractivity contribution < 1.29 is 18.0 Å². The van der Waals surface area contributed by atoms with Crippen molar-refractivity contribution in [2.75, 3.05) is 11.1 Å². The highest BCUT2D eigenvalue weighted by molar-refractivity contribution is 5.90. The Morgan fingerprint density at radius 1 is 1.35 bits per heavy atom. The van der Waals surface area contributed by atoms with Crippen LogP contribution in [0.15, 0.2) is 24.7 Å². The van der Waals surface area contributed by atoms with Crippen LogP contribution < -0.4 is 11.1 Å². The van der Waals surface area contributed by atoms with Crippen LogP contribution in [0.3, 0.4) is 0 Å². The first-order chi connectivity index (χ1) is 9.34. The molecule has 0 aliphatic heterocycles. The summed E-state index contributed by atoms with van der Waals surface area (Å²) in [4.78, 5) is 18.4. The Bertz CT molecular complexity index is 606. The monoisotopic (exact) mass is 286 g/mol. The van der Waals surface area contributed by atoms with Gasteiger partial charge in [-0.25, -0.2) is 14.6 Å². The summed E-state index contributed by atoms with van der Waals surface area (Å²) >= 11 is 0. The van der Waals surface area contributed by atoms with E-state index in [4.69, 9.17) is 5.73 Å². The lowest BCUT2D eigenvalue weighted by Crippen LogP contribution is -2.19. The number of anilines is 2. The molecule has 0 aliphatic carbocycles. The molecule has 1 amide bonds. The second-order valence-corrected chi connectivity index (χ2v) is 3.78. The highest BCUT2D eigenvalue weighted by atomic mass is 19.4. The molecule has 0 bridgehead atoms. The lowest BCUT2D eigenvalue weighted by atomic mass is 10.3. The van der Waals surface area contributed by atoms with Crippen LogP contribution >= 0.6 is 0 Å². The van der Waals surface area contributed by atoms with Crippen molar-refractivity contribution in [1.29, 1.82) is 0 Å². The second kappa shape index (κ2) is 5.15. The number of carbonyl (C=O) groups is 1. The number of alkyl halides is 3. The molecule has 3 N–H and O–H groups in total. The van der Waals surface area contributed by atoms with Gasteiger partial charge in [0.15, 0.2) is 0 Å². The molecule has 0 saturated heterocycles. The summed E-state index contributed by atoms with van der Waals surface area (Å²) in [5.41, 5.74) is 4.39. The zero-order valence-corrected chi connectivity index (χ0v) is 9.92. The minimum Gasteiger partial charge on any atom is -0.367 e. The average Bonchev–Trinajstić information content (AvgIpc) is 2.74. The van der Waals surface area contributed by atoms with Gasteiger partial charge in [-0.05, 0) is 12.1 Å². The van der Waals surface area contributed by atoms with Crippen molar-refractivity contribution in [3.8, 4) is 0 Å². The first-order valence-electron chi connectivity index (χ1n) is 5.32. The third kappa shape index (κ3) is 3.43. The van der Waals surface area contributed by atoms with Gasteiger partial charge in [0.1, 0.15) is 18.6 Å². The molecule has 7 nitrogen and oxygen atoms in total. The molecule has 0 saturated carbocycles. The molecule has 2 aromatic rings. The maximum absolute atomic E-state index is 12.3. The summed E-state index contributed by atoms with van der Waals surface area (Å²) in [5, 5.41) is 6.08. The fourth-order valence-corrected chi connectivity index (χ4v) is 1.37. The van der Waals surface area contributed by atoms with Crippen molar-refractivity contribution in [3.05, 3.63) is 30.4 Å². The minimum atomic E-state index is -4.51. The molecule has 0 radical (unpaired) electrons. The number of nitrogens with zero attached hydrogens (tertiary/aromatic N) is 4. The molecule has 20 heavy (non-hydrogen) atoms. The Morgan fingerprint density at radius 3 is 2.60 bits per heavy atom. The number of nitrogens with one attached hydrogen (secondary N) is 1. The van der Waals surface area contributed by atoms with Gasteiger partial charge in [0.05, 0.1) is 11.9 Å². The molecule has 106 valence electrons. The molecule has 2 aromatic heterocycles. The van der Waals surface area contributed by atoms with Crippen LogP contribution in [0, 0.1) is 0 Å². The first-order valence-corrected chi connectivity index (χ1v) is 5.32. The van der Waals surface area contributed by atoms with Crippen molar-refractivity contribution in [1.82, 2.24) is 19.7 Å². The van der Waals surface area contributed by atoms with Crippen molar-refractivity contribution in [2.24, 2.45) is 0 Å². The Balaban J connectivity index is 1.98. The van der Waals surface area contributed by atoms with Crippen LogP contribution in [0.5, 0.6) is 0 Å². The maximum atomic E-state index is 12.3. The lowest BCUT2D eigenvalue weighted by Gasteiger charge is -2.07. The summed E-state index contributed by atoms with van der Waals surface area (Å²) < 4.78 is 38.1. The number of hydrogen-bond acceptors (Lipinski definition) is 5. The van der Waals surface area contributed by atoms with Gasteiger partial charge in [-0.1, -0.05) is 0 Å². The highest BCUT2D eigenvalue weighted by Gasteiger charge is 2.32.